The molecule has 0 spiro atoms. The van der Waals surface area contributed by atoms with E-state index >= 15 is 0 Å². The maximum Gasteiger partial charge on any atom is 0.228 e. The molecule has 0 unspecified atom stereocenters. The van der Waals surface area contributed by atoms with Crippen LogP contribution in [0.1, 0.15) is 39.5 Å². The van der Waals surface area contributed by atoms with Crippen molar-refractivity contribution in [1.82, 2.24) is 4.90 Å². The van der Waals surface area contributed by atoms with Crippen molar-refractivity contribution in [3.8, 4) is 0 Å². The van der Waals surface area contributed by atoms with Crippen molar-refractivity contribution in [2.45, 2.75) is 39.5 Å². The number of amides is 1. The number of rotatable bonds is 6. The van der Waals surface area contributed by atoms with Crippen molar-refractivity contribution in [1.29, 1.82) is 0 Å². The van der Waals surface area contributed by atoms with E-state index < -0.39 is 0 Å². The highest BCUT2D eigenvalue weighted by Crippen LogP contribution is 2.24. The van der Waals surface area contributed by atoms with Crippen LogP contribution < -0.4 is 5.73 Å². The summed E-state index contributed by atoms with van der Waals surface area (Å²) in [5, 5.41) is 0. The summed E-state index contributed by atoms with van der Waals surface area (Å²) in [6.07, 6.45) is 4.10. The van der Waals surface area contributed by atoms with E-state index in [-0.39, 0.29) is 11.3 Å². The van der Waals surface area contributed by atoms with Gasteiger partial charge in [-0.3, -0.25) is 4.79 Å². The zero-order chi connectivity index (χ0) is 13.6. The van der Waals surface area contributed by atoms with Gasteiger partial charge in [-0.05, 0) is 38.1 Å². The minimum Gasteiger partial charge on any atom is -0.381 e. The first-order valence-corrected chi connectivity index (χ1v) is 7.01. The van der Waals surface area contributed by atoms with E-state index in [0.29, 0.717) is 12.5 Å². The van der Waals surface area contributed by atoms with Gasteiger partial charge in [0.25, 0.3) is 0 Å². The Morgan fingerprint density at radius 2 is 2.00 bits per heavy atom. The van der Waals surface area contributed by atoms with E-state index in [0.717, 1.165) is 45.4 Å². The standard InChI is InChI=1S/C14H28N2O2/c1-14(2,7-8-15)13(17)16(3)9-4-12-5-10-18-11-6-12/h12H,4-11,15H2,1-3H3. The maximum absolute atomic E-state index is 12.3. The van der Waals surface area contributed by atoms with Crippen LogP contribution in [0.4, 0.5) is 0 Å². The lowest BCUT2D eigenvalue weighted by atomic mass is 9.87. The summed E-state index contributed by atoms with van der Waals surface area (Å²) >= 11 is 0. The molecule has 0 aromatic carbocycles. The predicted molar refractivity (Wildman–Crippen MR) is 73.2 cm³/mol. The summed E-state index contributed by atoms with van der Waals surface area (Å²) in [4.78, 5) is 14.1. The van der Waals surface area contributed by atoms with E-state index in [4.69, 9.17) is 10.5 Å². The van der Waals surface area contributed by atoms with Crippen molar-refractivity contribution in [3.63, 3.8) is 0 Å². The summed E-state index contributed by atoms with van der Waals surface area (Å²) in [6.45, 7) is 7.12. The van der Waals surface area contributed by atoms with Crippen molar-refractivity contribution in [2.24, 2.45) is 17.1 Å². The largest absolute Gasteiger partial charge is 0.381 e. The molecular formula is C14H28N2O2. The molecule has 0 aromatic heterocycles. The minimum atomic E-state index is -0.334. The zero-order valence-electron chi connectivity index (χ0n) is 12.1. The van der Waals surface area contributed by atoms with Gasteiger partial charge < -0.3 is 15.4 Å². The molecule has 18 heavy (non-hydrogen) atoms. The van der Waals surface area contributed by atoms with E-state index in [9.17, 15) is 4.79 Å². The first-order valence-electron chi connectivity index (χ1n) is 7.01. The van der Waals surface area contributed by atoms with Crippen molar-refractivity contribution >= 4 is 5.91 Å². The zero-order valence-corrected chi connectivity index (χ0v) is 12.1. The van der Waals surface area contributed by atoms with Gasteiger partial charge in [-0.15, -0.1) is 0 Å². The third kappa shape index (κ3) is 4.58. The Kier molecular flexibility index (Phi) is 6.09. The van der Waals surface area contributed by atoms with Gasteiger partial charge >= 0.3 is 0 Å². The molecule has 1 aliphatic heterocycles. The number of hydrogen-bond acceptors (Lipinski definition) is 3. The molecule has 1 amide bonds. The van der Waals surface area contributed by atoms with Crippen LogP contribution in [-0.2, 0) is 9.53 Å². The first kappa shape index (κ1) is 15.4. The third-order valence-corrected chi connectivity index (χ3v) is 3.91. The van der Waals surface area contributed by atoms with Crippen LogP contribution in [0, 0.1) is 11.3 Å². The van der Waals surface area contributed by atoms with Gasteiger partial charge in [0, 0.05) is 32.2 Å². The fourth-order valence-electron chi connectivity index (χ4n) is 2.50. The highest BCUT2D eigenvalue weighted by atomic mass is 16.5. The lowest BCUT2D eigenvalue weighted by Gasteiger charge is -2.30. The second-order valence-corrected chi connectivity index (χ2v) is 5.99. The quantitative estimate of drug-likeness (QED) is 0.786. The lowest BCUT2D eigenvalue weighted by Crippen LogP contribution is -2.40. The second kappa shape index (κ2) is 7.10. The molecule has 0 aliphatic carbocycles. The molecule has 1 fully saturated rings. The van der Waals surface area contributed by atoms with Crippen molar-refractivity contribution < 1.29 is 9.53 Å². The average Bonchev–Trinajstić information content (AvgIpc) is 2.36. The molecule has 106 valence electrons. The van der Waals surface area contributed by atoms with Crippen LogP contribution in [0.3, 0.4) is 0 Å². The molecule has 0 atom stereocenters. The fourth-order valence-corrected chi connectivity index (χ4v) is 2.50. The molecule has 0 bridgehead atoms. The summed E-state index contributed by atoms with van der Waals surface area (Å²) in [7, 11) is 1.90. The summed E-state index contributed by atoms with van der Waals surface area (Å²) in [5.41, 5.74) is 5.22. The molecule has 1 rings (SSSR count). The molecule has 0 aromatic rings. The number of hydrogen-bond donors (Lipinski definition) is 1. The van der Waals surface area contributed by atoms with E-state index in [1.54, 1.807) is 0 Å². The highest BCUT2D eigenvalue weighted by Gasteiger charge is 2.29. The molecule has 0 radical (unpaired) electrons. The van der Waals surface area contributed by atoms with Crippen molar-refractivity contribution in [3.05, 3.63) is 0 Å². The number of nitrogens with two attached hydrogens (primary N) is 1. The molecular weight excluding hydrogens is 228 g/mol. The number of ether oxygens (including phenoxy) is 1. The van der Waals surface area contributed by atoms with Gasteiger partial charge in [0.15, 0.2) is 0 Å². The number of nitrogens with zero attached hydrogens (tertiary/aromatic N) is 1. The molecule has 4 nitrogen and oxygen atoms in total. The van der Waals surface area contributed by atoms with Crippen LogP contribution in [0.5, 0.6) is 0 Å². The van der Waals surface area contributed by atoms with Gasteiger partial charge in [-0.1, -0.05) is 13.8 Å². The third-order valence-electron chi connectivity index (χ3n) is 3.91. The number of carbonyl (C=O) groups is 1. The topological polar surface area (TPSA) is 55.6 Å². The van der Waals surface area contributed by atoms with Gasteiger partial charge in [-0.2, -0.15) is 0 Å². The first-order chi connectivity index (χ1) is 8.47. The van der Waals surface area contributed by atoms with Gasteiger partial charge in [0.05, 0.1) is 0 Å². The monoisotopic (exact) mass is 256 g/mol. The molecule has 1 saturated heterocycles. The Bertz CT molecular complexity index is 261. The van der Waals surface area contributed by atoms with Gasteiger partial charge in [-0.25, -0.2) is 0 Å². The van der Waals surface area contributed by atoms with Crippen molar-refractivity contribution in [2.75, 3.05) is 33.4 Å². The van der Waals surface area contributed by atoms with E-state index in [1.807, 2.05) is 25.8 Å². The smallest absolute Gasteiger partial charge is 0.228 e. The Morgan fingerprint density at radius 1 is 1.39 bits per heavy atom. The Hall–Kier alpha value is -0.610. The molecule has 1 aliphatic rings. The maximum atomic E-state index is 12.3. The molecule has 2 N–H and O–H groups in total. The van der Waals surface area contributed by atoms with E-state index in [2.05, 4.69) is 0 Å². The minimum absolute atomic E-state index is 0.208. The SMILES string of the molecule is CN(CCC1CCOCC1)C(=O)C(C)(C)CCN. The molecule has 0 saturated carbocycles. The Balaban J connectivity index is 2.34. The number of carbonyl (C=O) groups excluding carboxylic acids is 1. The lowest BCUT2D eigenvalue weighted by molar-refractivity contribution is -0.139. The predicted octanol–water partition coefficient (Wildman–Crippen LogP) is 1.64. The Labute approximate surface area is 111 Å². The van der Waals surface area contributed by atoms with Crippen LogP contribution in [0.15, 0.2) is 0 Å². The summed E-state index contributed by atoms with van der Waals surface area (Å²) < 4.78 is 5.35. The summed E-state index contributed by atoms with van der Waals surface area (Å²) in [6, 6.07) is 0. The van der Waals surface area contributed by atoms with Gasteiger partial charge in [0.2, 0.25) is 5.91 Å². The Morgan fingerprint density at radius 3 is 2.56 bits per heavy atom. The van der Waals surface area contributed by atoms with E-state index in [1.165, 1.54) is 0 Å². The van der Waals surface area contributed by atoms with Crippen LogP contribution in [0.2, 0.25) is 0 Å². The average molecular weight is 256 g/mol. The molecule has 1 heterocycles. The second-order valence-electron chi connectivity index (χ2n) is 5.99. The van der Waals surface area contributed by atoms with Crippen LogP contribution >= 0.6 is 0 Å². The van der Waals surface area contributed by atoms with Crippen LogP contribution in [0.25, 0.3) is 0 Å². The summed E-state index contributed by atoms with van der Waals surface area (Å²) in [5.74, 6) is 0.923. The molecule has 4 heteroatoms. The fraction of sp³-hybridized carbons (Fsp3) is 0.929. The van der Waals surface area contributed by atoms with Crippen LogP contribution in [-0.4, -0.2) is 44.2 Å². The highest BCUT2D eigenvalue weighted by molar-refractivity contribution is 5.81. The normalized spacial score (nSPS) is 17.8. The van der Waals surface area contributed by atoms with Gasteiger partial charge in [0.1, 0.15) is 0 Å².